The molecule has 1 aromatic carbocycles. The summed E-state index contributed by atoms with van der Waals surface area (Å²) in [6.45, 7) is 4.35. The highest BCUT2D eigenvalue weighted by atomic mass is 16.2. The molecule has 2 aromatic rings. The van der Waals surface area contributed by atoms with Gasteiger partial charge in [-0.3, -0.25) is 4.68 Å². The Morgan fingerprint density at radius 1 is 1.33 bits per heavy atom. The van der Waals surface area contributed by atoms with Gasteiger partial charge >= 0.3 is 0 Å². The molecule has 1 aromatic heterocycles. The van der Waals surface area contributed by atoms with Crippen molar-refractivity contribution in [1.82, 2.24) is 9.78 Å². The van der Waals surface area contributed by atoms with Gasteiger partial charge < -0.3 is 5.11 Å². The first-order valence-electron chi connectivity index (χ1n) is 5.09. The summed E-state index contributed by atoms with van der Waals surface area (Å²) in [5.41, 5.74) is 4.04. The predicted molar refractivity (Wildman–Crippen MR) is 63.0 cm³/mol. The molecule has 2 rings (SSSR count). The van der Waals surface area contributed by atoms with Gasteiger partial charge in [0.25, 0.3) is 0 Å². The number of aryl methyl sites for hydroxylation is 3. The summed E-state index contributed by atoms with van der Waals surface area (Å²) in [5.74, 6) is 0. The summed E-state index contributed by atoms with van der Waals surface area (Å²) >= 11 is 0. The van der Waals surface area contributed by atoms with E-state index in [9.17, 15) is 0 Å². The van der Waals surface area contributed by atoms with Crippen molar-refractivity contribution in [3.8, 4) is 0 Å². The zero-order chi connectivity index (χ0) is 11.4. The Labute approximate surface area is 90.3 Å². The molecule has 82 valence electrons. The second-order valence-electron chi connectivity index (χ2n) is 3.41. The van der Waals surface area contributed by atoms with Gasteiger partial charge in [0.15, 0.2) is 0 Å². The maximum Gasteiger partial charge on any atom is 0.0710 e. The van der Waals surface area contributed by atoms with Crippen molar-refractivity contribution in [2.24, 2.45) is 7.05 Å². The van der Waals surface area contributed by atoms with E-state index in [-0.39, 0.29) is 0 Å². The third kappa shape index (κ3) is 2.02. The van der Waals surface area contributed by atoms with Crippen LogP contribution < -0.4 is 0 Å². The fourth-order valence-electron chi connectivity index (χ4n) is 1.89. The molecule has 1 N–H and O–H groups in total. The Morgan fingerprint density at radius 2 is 2.00 bits per heavy atom. The van der Waals surface area contributed by atoms with Crippen molar-refractivity contribution < 1.29 is 5.11 Å². The standard InChI is InChI=1S/C11H14N2.CH4O/c1-4-9-5-6-10-7-12-13(3)11(10)8(9)2;1-2/h5-7H,4H2,1-3H3;2H,1H3. The summed E-state index contributed by atoms with van der Waals surface area (Å²) in [4.78, 5) is 0. The van der Waals surface area contributed by atoms with Gasteiger partial charge in [0, 0.05) is 19.5 Å². The number of aromatic nitrogens is 2. The first-order valence-corrected chi connectivity index (χ1v) is 5.09. The van der Waals surface area contributed by atoms with Crippen molar-refractivity contribution in [3.05, 3.63) is 29.5 Å². The number of fused-ring (bicyclic) bond motifs is 1. The normalized spacial score (nSPS) is 9.93. The van der Waals surface area contributed by atoms with E-state index in [0.717, 1.165) is 13.5 Å². The Bertz CT molecular complexity index is 446. The lowest BCUT2D eigenvalue weighted by Crippen LogP contribution is -1.94. The van der Waals surface area contributed by atoms with E-state index >= 15 is 0 Å². The van der Waals surface area contributed by atoms with Gasteiger partial charge in [0.2, 0.25) is 0 Å². The van der Waals surface area contributed by atoms with Crippen molar-refractivity contribution in [2.45, 2.75) is 20.3 Å². The molecule has 0 aliphatic rings. The lowest BCUT2D eigenvalue weighted by atomic mass is 10.0. The van der Waals surface area contributed by atoms with Crippen LogP contribution in [0.3, 0.4) is 0 Å². The monoisotopic (exact) mass is 206 g/mol. The van der Waals surface area contributed by atoms with Crippen LogP contribution in [-0.4, -0.2) is 22.0 Å². The maximum absolute atomic E-state index is 7.00. The van der Waals surface area contributed by atoms with Crippen LogP contribution in [-0.2, 0) is 13.5 Å². The molecule has 0 unspecified atom stereocenters. The third-order valence-corrected chi connectivity index (χ3v) is 2.65. The molecular weight excluding hydrogens is 188 g/mol. The number of aliphatic hydroxyl groups is 1. The highest BCUT2D eigenvalue weighted by Gasteiger charge is 2.05. The van der Waals surface area contributed by atoms with E-state index in [4.69, 9.17) is 5.11 Å². The predicted octanol–water partition coefficient (Wildman–Crippen LogP) is 2.05. The highest BCUT2D eigenvalue weighted by Crippen LogP contribution is 2.21. The van der Waals surface area contributed by atoms with Crippen LogP contribution >= 0.6 is 0 Å². The van der Waals surface area contributed by atoms with Crippen molar-refractivity contribution >= 4 is 10.9 Å². The average molecular weight is 206 g/mol. The van der Waals surface area contributed by atoms with Crippen LogP contribution in [0.5, 0.6) is 0 Å². The van der Waals surface area contributed by atoms with Crippen LogP contribution in [0.4, 0.5) is 0 Å². The minimum absolute atomic E-state index is 1.00. The second kappa shape index (κ2) is 4.94. The van der Waals surface area contributed by atoms with E-state index in [0.29, 0.717) is 0 Å². The van der Waals surface area contributed by atoms with Crippen molar-refractivity contribution in [1.29, 1.82) is 0 Å². The summed E-state index contributed by atoms with van der Waals surface area (Å²) in [6, 6.07) is 4.34. The van der Waals surface area contributed by atoms with E-state index in [2.05, 4.69) is 31.1 Å². The van der Waals surface area contributed by atoms with Gasteiger partial charge in [-0.1, -0.05) is 19.1 Å². The number of aliphatic hydroxyl groups excluding tert-OH is 1. The van der Waals surface area contributed by atoms with E-state index in [1.807, 2.05) is 17.9 Å². The molecule has 0 atom stereocenters. The van der Waals surface area contributed by atoms with Gasteiger partial charge in [0.1, 0.15) is 0 Å². The molecule has 0 aliphatic carbocycles. The second-order valence-corrected chi connectivity index (χ2v) is 3.41. The lowest BCUT2D eigenvalue weighted by molar-refractivity contribution is 0.399. The number of rotatable bonds is 1. The summed E-state index contributed by atoms with van der Waals surface area (Å²) < 4.78 is 1.95. The summed E-state index contributed by atoms with van der Waals surface area (Å²) in [5, 5.41) is 12.5. The molecule has 0 radical (unpaired) electrons. The van der Waals surface area contributed by atoms with Crippen LogP contribution in [0, 0.1) is 6.92 Å². The number of benzene rings is 1. The SMILES string of the molecule is CCc1ccc2cnn(C)c2c1C.CO. The van der Waals surface area contributed by atoms with E-state index in [1.54, 1.807) is 0 Å². The third-order valence-electron chi connectivity index (χ3n) is 2.65. The molecule has 0 fully saturated rings. The molecule has 15 heavy (non-hydrogen) atoms. The molecule has 1 heterocycles. The zero-order valence-electron chi connectivity index (χ0n) is 9.78. The average Bonchev–Trinajstić information content (AvgIpc) is 2.65. The highest BCUT2D eigenvalue weighted by molar-refractivity contribution is 5.82. The first kappa shape index (κ1) is 11.7. The first-order chi connectivity index (χ1) is 7.24. The summed E-state index contributed by atoms with van der Waals surface area (Å²) in [7, 11) is 2.99. The molecule has 0 bridgehead atoms. The molecule has 0 saturated heterocycles. The number of hydrogen-bond donors (Lipinski definition) is 1. The lowest BCUT2D eigenvalue weighted by Gasteiger charge is -2.05. The van der Waals surface area contributed by atoms with Gasteiger partial charge in [-0.15, -0.1) is 0 Å². The Hall–Kier alpha value is -1.35. The van der Waals surface area contributed by atoms with Crippen LogP contribution in [0.15, 0.2) is 18.3 Å². The van der Waals surface area contributed by atoms with Crippen LogP contribution in [0.2, 0.25) is 0 Å². The minimum atomic E-state index is 1.00. The van der Waals surface area contributed by atoms with Gasteiger partial charge in [-0.05, 0) is 24.5 Å². The molecule has 0 saturated carbocycles. The number of nitrogens with zero attached hydrogens (tertiary/aromatic N) is 2. The van der Waals surface area contributed by atoms with Gasteiger partial charge in [0.05, 0.1) is 11.7 Å². The molecule has 3 heteroatoms. The largest absolute Gasteiger partial charge is 0.400 e. The Kier molecular flexibility index (Phi) is 3.86. The fraction of sp³-hybridized carbons (Fsp3) is 0.417. The van der Waals surface area contributed by atoms with Crippen LogP contribution in [0.1, 0.15) is 18.1 Å². The van der Waals surface area contributed by atoms with E-state index in [1.165, 1.54) is 22.0 Å². The Morgan fingerprint density at radius 3 is 2.60 bits per heavy atom. The van der Waals surface area contributed by atoms with Crippen molar-refractivity contribution in [2.75, 3.05) is 7.11 Å². The van der Waals surface area contributed by atoms with Crippen molar-refractivity contribution in [3.63, 3.8) is 0 Å². The van der Waals surface area contributed by atoms with Gasteiger partial charge in [-0.2, -0.15) is 5.10 Å². The minimum Gasteiger partial charge on any atom is -0.400 e. The van der Waals surface area contributed by atoms with Crippen LogP contribution in [0.25, 0.3) is 10.9 Å². The van der Waals surface area contributed by atoms with E-state index < -0.39 is 0 Å². The molecule has 0 amide bonds. The summed E-state index contributed by atoms with van der Waals surface area (Å²) in [6.07, 6.45) is 3.01. The topological polar surface area (TPSA) is 38.0 Å². The molecule has 0 aliphatic heterocycles. The smallest absolute Gasteiger partial charge is 0.0710 e. The Balaban J connectivity index is 0.000000531. The van der Waals surface area contributed by atoms with Gasteiger partial charge in [-0.25, -0.2) is 0 Å². The number of hydrogen-bond acceptors (Lipinski definition) is 2. The molecule has 3 nitrogen and oxygen atoms in total. The quantitative estimate of drug-likeness (QED) is 0.775. The zero-order valence-corrected chi connectivity index (χ0v) is 9.78. The molecular formula is C12H18N2O. The maximum atomic E-state index is 7.00. The fourth-order valence-corrected chi connectivity index (χ4v) is 1.89. The molecule has 0 spiro atoms.